The maximum absolute atomic E-state index is 5.85. The van der Waals surface area contributed by atoms with Crippen LogP contribution in [0.1, 0.15) is 5.56 Å². The van der Waals surface area contributed by atoms with Gasteiger partial charge in [-0.2, -0.15) is 0 Å². The van der Waals surface area contributed by atoms with Crippen LogP contribution in [-0.2, 0) is 6.54 Å². The van der Waals surface area contributed by atoms with Crippen molar-refractivity contribution < 1.29 is 0 Å². The van der Waals surface area contributed by atoms with E-state index in [9.17, 15) is 0 Å². The Morgan fingerprint density at radius 1 is 0.700 bits per heavy atom. The predicted octanol–water partition coefficient (Wildman–Crippen LogP) is 4.28. The fraction of sp³-hybridized carbons (Fsp3) is 0.0588. The molecule has 0 heterocycles. The molecule has 0 amide bonds. The minimum atomic E-state index is 0. The van der Waals surface area contributed by atoms with Crippen LogP contribution in [-0.4, -0.2) is 26.2 Å². The Bertz CT molecular complexity index is 857. The summed E-state index contributed by atoms with van der Waals surface area (Å²) in [5, 5.41) is 7.92. The first-order valence-corrected chi connectivity index (χ1v) is 6.24. The zero-order valence-electron chi connectivity index (χ0n) is 10.8. The molecule has 0 spiro atoms. The summed E-state index contributed by atoms with van der Waals surface area (Å²) in [6, 6.07) is 19.6. The second-order valence-corrected chi connectivity index (χ2v) is 4.78. The van der Waals surface area contributed by atoms with E-state index < -0.39 is 0 Å². The Labute approximate surface area is 154 Å². The summed E-state index contributed by atoms with van der Waals surface area (Å²) >= 11 is 0. The van der Waals surface area contributed by atoms with E-state index in [0.717, 1.165) is 0 Å². The van der Waals surface area contributed by atoms with Crippen LogP contribution in [0.4, 0.5) is 0 Å². The molecule has 4 aromatic rings. The van der Waals surface area contributed by atoms with Gasteiger partial charge in [0.25, 0.3) is 0 Å². The average Bonchev–Trinajstić information content (AvgIpc) is 2.44. The summed E-state index contributed by atoms with van der Waals surface area (Å²) in [6.45, 7) is 0.591. The van der Waals surface area contributed by atoms with Crippen molar-refractivity contribution in [3.05, 3.63) is 60.2 Å². The van der Waals surface area contributed by atoms with Gasteiger partial charge in [0.1, 0.15) is 0 Å². The molecule has 0 saturated heterocycles. The molecule has 0 aliphatic heterocycles. The molecular weight excluding hydrogens is 554 g/mol. The average molecular weight is 568 g/mol. The first kappa shape index (κ1) is 15.9. The van der Waals surface area contributed by atoms with Crippen molar-refractivity contribution in [3.8, 4) is 0 Å². The molecule has 0 aromatic heterocycles. The molecule has 1 nitrogen and oxygen atoms in total. The van der Waals surface area contributed by atoms with E-state index in [1.807, 2.05) is 0 Å². The fourth-order valence-electron chi connectivity index (χ4n) is 2.97. The molecule has 0 aliphatic carbocycles. The van der Waals surface area contributed by atoms with Crippen LogP contribution in [0.2, 0.25) is 0 Å². The van der Waals surface area contributed by atoms with Gasteiger partial charge in [-0.1, -0.05) is 54.6 Å². The van der Waals surface area contributed by atoms with Crippen molar-refractivity contribution in [2.45, 2.75) is 6.54 Å². The molecular formula is C17H14BiIN. The molecule has 3 heteroatoms. The summed E-state index contributed by atoms with van der Waals surface area (Å²) < 4.78 is 0. The Balaban J connectivity index is 0.000000735. The molecule has 3 radical (unpaired) electrons. The Hall–Kier alpha value is -0.507. The Morgan fingerprint density at radius 2 is 1.25 bits per heavy atom. The molecule has 0 aliphatic rings. The summed E-state index contributed by atoms with van der Waals surface area (Å²) in [6.07, 6.45) is 0. The van der Waals surface area contributed by atoms with Gasteiger partial charge in [0.05, 0.1) is 0 Å². The quantitative estimate of drug-likeness (QED) is 0.207. The molecule has 0 saturated carbocycles. The Morgan fingerprint density at radius 3 is 1.90 bits per heavy atom. The maximum Gasteiger partial charge on any atom is 0.0184 e. The summed E-state index contributed by atoms with van der Waals surface area (Å²) in [5.74, 6) is 0. The zero-order chi connectivity index (χ0) is 12.1. The van der Waals surface area contributed by atoms with Gasteiger partial charge in [0.15, 0.2) is 0 Å². The van der Waals surface area contributed by atoms with Gasteiger partial charge in [-0.05, 0) is 37.9 Å². The molecule has 4 rings (SSSR count). The first-order chi connectivity index (χ1) is 8.88. The molecule has 0 fully saturated rings. The van der Waals surface area contributed by atoms with Crippen LogP contribution >= 0.6 is 24.0 Å². The van der Waals surface area contributed by atoms with E-state index in [2.05, 4.69) is 54.6 Å². The molecule has 0 atom stereocenters. The number of benzene rings is 4. The molecule has 0 bridgehead atoms. The van der Waals surface area contributed by atoms with Gasteiger partial charge < -0.3 is 5.73 Å². The van der Waals surface area contributed by atoms with Crippen molar-refractivity contribution in [3.63, 3.8) is 0 Å². The van der Waals surface area contributed by atoms with E-state index in [1.165, 1.54) is 37.9 Å². The third-order valence-electron chi connectivity index (χ3n) is 3.84. The number of nitrogens with two attached hydrogens (primary N) is 1. The van der Waals surface area contributed by atoms with Crippen molar-refractivity contribution in [1.82, 2.24) is 0 Å². The van der Waals surface area contributed by atoms with Crippen molar-refractivity contribution in [2.24, 2.45) is 5.73 Å². The van der Waals surface area contributed by atoms with Gasteiger partial charge in [0.2, 0.25) is 0 Å². The minimum absolute atomic E-state index is 0. The SMILES string of the molecule is I.NCc1ccc2ccc3cccc4ccc1c2c34.[Bi]. The number of hydrogen-bond acceptors (Lipinski definition) is 1. The molecule has 2 N–H and O–H groups in total. The third kappa shape index (κ3) is 2.20. The van der Waals surface area contributed by atoms with Crippen LogP contribution in [0.15, 0.2) is 54.6 Å². The van der Waals surface area contributed by atoms with E-state index in [4.69, 9.17) is 5.73 Å². The molecule has 99 valence electrons. The fourth-order valence-corrected chi connectivity index (χ4v) is 2.97. The molecule has 4 aromatic carbocycles. The predicted molar refractivity (Wildman–Crippen MR) is 99.2 cm³/mol. The normalized spacial score (nSPS) is 10.7. The maximum atomic E-state index is 5.85. The van der Waals surface area contributed by atoms with Gasteiger partial charge in [-0.3, -0.25) is 0 Å². The summed E-state index contributed by atoms with van der Waals surface area (Å²) in [4.78, 5) is 0. The van der Waals surface area contributed by atoms with E-state index >= 15 is 0 Å². The van der Waals surface area contributed by atoms with E-state index in [-0.39, 0.29) is 50.2 Å². The smallest absolute Gasteiger partial charge is 0.0184 e. The third-order valence-corrected chi connectivity index (χ3v) is 3.84. The summed E-state index contributed by atoms with van der Waals surface area (Å²) in [5.41, 5.74) is 7.07. The van der Waals surface area contributed by atoms with Gasteiger partial charge in [-0.15, -0.1) is 24.0 Å². The number of halogens is 1. The van der Waals surface area contributed by atoms with E-state index in [1.54, 1.807) is 0 Å². The summed E-state index contributed by atoms with van der Waals surface area (Å²) in [7, 11) is 0. The van der Waals surface area contributed by atoms with Gasteiger partial charge >= 0.3 is 0 Å². The van der Waals surface area contributed by atoms with Crippen LogP contribution in [0.5, 0.6) is 0 Å². The Kier molecular flexibility index (Phi) is 4.83. The monoisotopic (exact) mass is 568 g/mol. The van der Waals surface area contributed by atoms with Crippen molar-refractivity contribution in [1.29, 1.82) is 0 Å². The topological polar surface area (TPSA) is 26.0 Å². The number of rotatable bonds is 1. The van der Waals surface area contributed by atoms with E-state index in [0.29, 0.717) is 6.54 Å². The van der Waals surface area contributed by atoms with Crippen LogP contribution in [0.25, 0.3) is 32.3 Å². The van der Waals surface area contributed by atoms with Crippen LogP contribution in [0, 0.1) is 0 Å². The second-order valence-electron chi connectivity index (χ2n) is 4.78. The minimum Gasteiger partial charge on any atom is -0.326 e. The number of hydrogen-bond donors (Lipinski definition) is 1. The van der Waals surface area contributed by atoms with Gasteiger partial charge in [-0.25, -0.2) is 0 Å². The van der Waals surface area contributed by atoms with Crippen molar-refractivity contribution >= 4 is 82.5 Å². The second kappa shape index (κ2) is 6.09. The van der Waals surface area contributed by atoms with Crippen LogP contribution < -0.4 is 5.73 Å². The van der Waals surface area contributed by atoms with Crippen LogP contribution in [0.3, 0.4) is 0 Å². The zero-order valence-corrected chi connectivity index (χ0v) is 16.6. The molecule has 0 unspecified atom stereocenters. The van der Waals surface area contributed by atoms with Crippen molar-refractivity contribution in [2.75, 3.05) is 0 Å². The van der Waals surface area contributed by atoms with Gasteiger partial charge in [0, 0.05) is 32.7 Å². The first-order valence-electron chi connectivity index (χ1n) is 6.24. The molecule has 20 heavy (non-hydrogen) atoms. The largest absolute Gasteiger partial charge is 0.326 e. The standard InChI is InChI=1S/C17H13N.Bi.HI/c18-10-14-7-6-13-5-4-11-2-1-3-12-8-9-15(14)17(13)16(11)12;;/h1-9H,10,18H2;;1H.